The van der Waals surface area contributed by atoms with Crippen LogP contribution in [0.15, 0.2) is 65.1 Å². The van der Waals surface area contributed by atoms with E-state index in [1.54, 1.807) is 24.3 Å². The molecule has 128 valence electrons. The van der Waals surface area contributed by atoms with Gasteiger partial charge in [-0.1, -0.05) is 42.5 Å². The van der Waals surface area contributed by atoms with Gasteiger partial charge in [0.25, 0.3) is 5.91 Å². The van der Waals surface area contributed by atoms with Crippen LogP contribution in [0.4, 0.5) is 0 Å². The van der Waals surface area contributed by atoms with Gasteiger partial charge in [-0.3, -0.25) is 4.79 Å². The zero-order chi connectivity index (χ0) is 18.3. The topological polar surface area (TPSA) is 113 Å². The maximum atomic E-state index is 12.1. The number of amides is 1. The van der Waals surface area contributed by atoms with Crippen molar-refractivity contribution in [3.63, 3.8) is 0 Å². The Morgan fingerprint density at radius 3 is 2.32 bits per heavy atom. The molecule has 0 radical (unpaired) electrons. The molecule has 2 aromatic carbocycles. The normalized spacial score (nSPS) is 11.6. The summed E-state index contributed by atoms with van der Waals surface area (Å²) in [5, 5.41) is 16.8. The molecule has 0 saturated heterocycles. The maximum Gasteiger partial charge on any atom is 0.261 e. The second kappa shape index (κ2) is 8.24. The summed E-state index contributed by atoms with van der Waals surface area (Å²) in [4.78, 5) is 12.1. The second-order valence-corrected chi connectivity index (χ2v) is 6.84. The standard InChI is InChI=1S/C18H17N3O3S/c19-13-16(12-15-4-2-1-3-5-15)18(22)21-11-10-14-6-8-17(9-7-14)25(20,23)24/h1-9,12H,10-11H2,(H,21,22)(H2,20,23,24)/b16-12+. The molecular formula is C18H17N3O3S. The lowest BCUT2D eigenvalue weighted by Crippen LogP contribution is -2.26. The predicted octanol–water partition coefficient (Wildman–Crippen LogP) is 1.60. The van der Waals surface area contributed by atoms with Gasteiger partial charge in [-0.05, 0) is 35.8 Å². The van der Waals surface area contributed by atoms with Crippen LogP contribution in [-0.4, -0.2) is 20.9 Å². The molecule has 0 aliphatic heterocycles. The summed E-state index contributed by atoms with van der Waals surface area (Å²) < 4.78 is 22.4. The quantitative estimate of drug-likeness (QED) is 0.605. The van der Waals surface area contributed by atoms with E-state index in [1.807, 2.05) is 24.3 Å². The summed E-state index contributed by atoms with van der Waals surface area (Å²) in [6, 6.07) is 17.1. The average molecular weight is 355 g/mol. The fourth-order valence-electron chi connectivity index (χ4n) is 2.13. The Hall–Kier alpha value is -2.95. The molecule has 0 aromatic heterocycles. The largest absolute Gasteiger partial charge is 0.351 e. The van der Waals surface area contributed by atoms with E-state index in [2.05, 4.69) is 5.32 Å². The number of hydrogen-bond donors (Lipinski definition) is 2. The van der Waals surface area contributed by atoms with Gasteiger partial charge in [-0.25, -0.2) is 13.6 Å². The first-order valence-corrected chi connectivity index (χ1v) is 9.01. The van der Waals surface area contributed by atoms with Crippen molar-refractivity contribution in [2.75, 3.05) is 6.54 Å². The highest BCUT2D eigenvalue weighted by molar-refractivity contribution is 7.89. The molecule has 0 aliphatic rings. The fraction of sp³-hybridized carbons (Fsp3) is 0.111. The average Bonchev–Trinajstić information content (AvgIpc) is 2.60. The minimum Gasteiger partial charge on any atom is -0.351 e. The Morgan fingerprint density at radius 2 is 1.76 bits per heavy atom. The lowest BCUT2D eigenvalue weighted by molar-refractivity contribution is -0.117. The van der Waals surface area contributed by atoms with Crippen LogP contribution in [-0.2, 0) is 21.2 Å². The molecule has 1 amide bonds. The number of nitrogens with two attached hydrogens (primary N) is 1. The lowest BCUT2D eigenvalue weighted by Gasteiger charge is -2.05. The van der Waals surface area contributed by atoms with Crippen molar-refractivity contribution in [1.29, 1.82) is 5.26 Å². The molecule has 0 aliphatic carbocycles. The van der Waals surface area contributed by atoms with Crippen LogP contribution in [0.5, 0.6) is 0 Å². The van der Waals surface area contributed by atoms with Crippen LogP contribution in [0.2, 0.25) is 0 Å². The van der Waals surface area contributed by atoms with Crippen molar-refractivity contribution in [3.8, 4) is 6.07 Å². The summed E-state index contributed by atoms with van der Waals surface area (Å²) in [5.41, 5.74) is 1.64. The number of carbonyl (C=O) groups is 1. The van der Waals surface area contributed by atoms with Crippen LogP contribution >= 0.6 is 0 Å². The van der Waals surface area contributed by atoms with Gasteiger partial charge in [0.15, 0.2) is 0 Å². The van der Waals surface area contributed by atoms with Crippen LogP contribution < -0.4 is 10.5 Å². The highest BCUT2D eigenvalue weighted by Crippen LogP contribution is 2.09. The number of rotatable bonds is 6. The molecule has 3 N–H and O–H groups in total. The van der Waals surface area contributed by atoms with Gasteiger partial charge in [-0.2, -0.15) is 5.26 Å². The summed E-state index contributed by atoms with van der Waals surface area (Å²) in [5.74, 6) is -0.451. The van der Waals surface area contributed by atoms with E-state index in [1.165, 1.54) is 18.2 Å². The number of benzene rings is 2. The fourth-order valence-corrected chi connectivity index (χ4v) is 2.64. The Balaban J connectivity index is 1.93. The van der Waals surface area contributed by atoms with Gasteiger partial charge in [0.1, 0.15) is 11.6 Å². The van der Waals surface area contributed by atoms with Crippen molar-refractivity contribution in [2.45, 2.75) is 11.3 Å². The van der Waals surface area contributed by atoms with E-state index >= 15 is 0 Å². The molecule has 0 atom stereocenters. The summed E-state index contributed by atoms with van der Waals surface area (Å²) in [6.45, 7) is 0.321. The highest BCUT2D eigenvalue weighted by Gasteiger charge is 2.09. The van der Waals surface area contributed by atoms with E-state index in [0.29, 0.717) is 13.0 Å². The van der Waals surface area contributed by atoms with E-state index in [-0.39, 0.29) is 10.5 Å². The molecular weight excluding hydrogens is 338 g/mol. The molecule has 0 heterocycles. The Morgan fingerprint density at radius 1 is 1.12 bits per heavy atom. The molecule has 7 heteroatoms. The predicted molar refractivity (Wildman–Crippen MR) is 94.6 cm³/mol. The van der Waals surface area contributed by atoms with E-state index in [4.69, 9.17) is 10.4 Å². The molecule has 0 saturated carbocycles. The molecule has 0 unspecified atom stereocenters. The summed E-state index contributed by atoms with van der Waals surface area (Å²) >= 11 is 0. The van der Waals surface area contributed by atoms with Gasteiger partial charge < -0.3 is 5.32 Å². The van der Waals surface area contributed by atoms with Gasteiger partial charge in [0, 0.05) is 6.54 Å². The lowest BCUT2D eigenvalue weighted by atomic mass is 10.1. The smallest absolute Gasteiger partial charge is 0.261 e. The molecule has 6 nitrogen and oxygen atoms in total. The number of primary sulfonamides is 1. The van der Waals surface area contributed by atoms with Gasteiger partial charge in [-0.15, -0.1) is 0 Å². The Bertz CT molecular complexity index is 912. The third-order valence-electron chi connectivity index (χ3n) is 3.43. The first kappa shape index (κ1) is 18.4. The third kappa shape index (κ3) is 5.57. The summed E-state index contributed by atoms with van der Waals surface area (Å²) in [7, 11) is -3.71. The van der Waals surface area contributed by atoms with Crippen molar-refractivity contribution >= 4 is 22.0 Å². The van der Waals surface area contributed by atoms with E-state index < -0.39 is 15.9 Å². The molecule has 0 spiro atoms. The maximum absolute atomic E-state index is 12.1. The Kier molecular flexibility index (Phi) is 6.06. The van der Waals surface area contributed by atoms with Crippen molar-refractivity contribution in [2.24, 2.45) is 5.14 Å². The van der Waals surface area contributed by atoms with Crippen LogP contribution in [0, 0.1) is 11.3 Å². The van der Waals surface area contributed by atoms with Gasteiger partial charge in [0.05, 0.1) is 4.90 Å². The number of nitrogens with zero attached hydrogens (tertiary/aromatic N) is 1. The first-order chi connectivity index (χ1) is 11.9. The molecule has 0 fully saturated rings. The molecule has 2 rings (SSSR count). The number of sulfonamides is 1. The van der Waals surface area contributed by atoms with Crippen LogP contribution in [0.3, 0.4) is 0 Å². The monoisotopic (exact) mass is 355 g/mol. The Labute approximate surface area is 146 Å². The first-order valence-electron chi connectivity index (χ1n) is 7.47. The van der Waals surface area contributed by atoms with E-state index in [9.17, 15) is 13.2 Å². The molecule has 2 aromatic rings. The minimum atomic E-state index is -3.71. The zero-order valence-electron chi connectivity index (χ0n) is 13.3. The van der Waals surface area contributed by atoms with Crippen molar-refractivity contribution in [3.05, 3.63) is 71.3 Å². The summed E-state index contributed by atoms with van der Waals surface area (Å²) in [6.07, 6.45) is 2.02. The van der Waals surface area contributed by atoms with Crippen molar-refractivity contribution < 1.29 is 13.2 Å². The van der Waals surface area contributed by atoms with Gasteiger partial charge in [0.2, 0.25) is 10.0 Å². The number of carbonyl (C=O) groups excluding carboxylic acids is 1. The SMILES string of the molecule is N#C/C(=C\c1ccccc1)C(=O)NCCc1ccc(S(N)(=O)=O)cc1. The number of nitrogens with one attached hydrogen (secondary N) is 1. The minimum absolute atomic E-state index is 0.0239. The number of hydrogen-bond acceptors (Lipinski definition) is 4. The van der Waals surface area contributed by atoms with Gasteiger partial charge >= 0.3 is 0 Å². The molecule has 0 bridgehead atoms. The highest BCUT2D eigenvalue weighted by atomic mass is 32.2. The van der Waals surface area contributed by atoms with E-state index in [0.717, 1.165) is 11.1 Å². The number of nitriles is 1. The van der Waals surface area contributed by atoms with Crippen molar-refractivity contribution in [1.82, 2.24) is 5.32 Å². The van der Waals surface area contributed by atoms with Crippen LogP contribution in [0.1, 0.15) is 11.1 Å². The van der Waals surface area contributed by atoms with Crippen LogP contribution in [0.25, 0.3) is 6.08 Å². The molecule has 25 heavy (non-hydrogen) atoms. The third-order valence-corrected chi connectivity index (χ3v) is 4.36. The zero-order valence-corrected chi connectivity index (χ0v) is 14.2. The second-order valence-electron chi connectivity index (χ2n) is 5.28.